The Morgan fingerprint density at radius 1 is 1.21 bits per heavy atom. The van der Waals surface area contributed by atoms with Crippen LogP contribution in [0.25, 0.3) is 0 Å². The second-order valence-electron chi connectivity index (χ2n) is 10.3. The molecule has 3 heteroatoms. The van der Waals surface area contributed by atoms with Crippen molar-refractivity contribution in [3.8, 4) is 0 Å². The maximum atomic E-state index is 6.98. The number of nitrogens with one attached hydrogen (secondary N) is 1. The number of nitrogens with two attached hydrogens (primary N) is 1. The lowest BCUT2D eigenvalue weighted by atomic mass is 9.59. The molecule has 168 valence electrons. The Bertz CT molecular complexity index is 539. The van der Waals surface area contributed by atoms with Gasteiger partial charge in [-0.25, -0.2) is 0 Å². The Balaban J connectivity index is 1.75. The Hall–Kier alpha value is -0.380. The van der Waals surface area contributed by atoms with Gasteiger partial charge in [-0.3, -0.25) is 0 Å². The van der Waals surface area contributed by atoms with Gasteiger partial charge in [0.1, 0.15) is 0 Å². The lowest BCUT2D eigenvalue weighted by molar-refractivity contribution is -0.0696. The number of unbranched alkanes of at least 4 members (excludes halogenated alkanes) is 1. The monoisotopic (exact) mass is 404 g/mol. The number of ether oxygens (including phenoxy) is 1. The molecule has 6 atom stereocenters. The second kappa shape index (κ2) is 10.8. The molecule has 3 rings (SSSR count). The van der Waals surface area contributed by atoms with E-state index in [0.29, 0.717) is 17.9 Å². The molecule has 0 aromatic heterocycles. The van der Waals surface area contributed by atoms with Crippen LogP contribution in [-0.4, -0.2) is 31.3 Å². The average Bonchev–Trinajstić information content (AvgIpc) is 3.56. The highest BCUT2D eigenvalue weighted by atomic mass is 16.5. The van der Waals surface area contributed by atoms with Gasteiger partial charge in [-0.1, -0.05) is 51.2 Å². The minimum Gasteiger partial charge on any atom is -0.378 e. The minimum atomic E-state index is 0.127. The predicted octanol–water partition coefficient (Wildman–Crippen LogP) is 5.97. The van der Waals surface area contributed by atoms with Crippen LogP contribution in [0.15, 0.2) is 11.1 Å². The van der Waals surface area contributed by atoms with Gasteiger partial charge in [0.2, 0.25) is 0 Å². The first kappa shape index (κ1) is 23.3. The summed E-state index contributed by atoms with van der Waals surface area (Å²) in [6.07, 6.45) is 17.1. The molecule has 2 saturated carbocycles. The summed E-state index contributed by atoms with van der Waals surface area (Å²) in [7, 11) is 2.19. The zero-order valence-electron chi connectivity index (χ0n) is 19.8. The van der Waals surface area contributed by atoms with Crippen LogP contribution in [0, 0.1) is 17.8 Å². The number of allylic oxidation sites excluding steroid dienone is 1. The van der Waals surface area contributed by atoms with E-state index in [0.717, 1.165) is 25.4 Å². The third-order valence-electron chi connectivity index (χ3n) is 8.70. The number of fused-ring (bicyclic) bond motifs is 1. The van der Waals surface area contributed by atoms with E-state index in [2.05, 4.69) is 33.1 Å². The smallest absolute Gasteiger partial charge is 0.0572 e. The topological polar surface area (TPSA) is 47.3 Å². The molecule has 3 N–H and O–H groups in total. The Morgan fingerprint density at radius 3 is 2.62 bits per heavy atom. The van der Waals surface area contributed by atoms with E-state index in [1.807, 2.05) is 0 Å². The van der Waals surface area contributed by atoms with Crippen LogP contribution in [0.1, 0.15) is 104 Å². The highest BCUT2D eigenvalue weighted by Gasteiger charge is 2.49. The van der Waals surface area contributed by atoms with E-state index in [4.69, 9.17) is 10.5 Å². The first-order chi connectivity index (χ1) is 14.1. The number of hydrogen-bond acceptors (Lipinski definition) is 3. The first-order valence-electron chi connectivity index (χ1n) is 12.8. The summed E-state index contributed by atoms with van der Waals surface area (Å²) in [5.74, 6) is 1.87. The molecule has 1 heterocycles. The Labute approximate surface area is 180 Å². The number of hydrogen-bond donors (Lipinski definition) is 2. The van der Waals surface area contributed by atoms with Crippen molar-refractivity contribution >= 4 is 0 Å². The van der Waals surface area contributed by atoms with Crippen LogP contribution in [0.2, 0.25) is 0 Å². The lowest BCUT2D eigenvalue weighted by Crippen LogP contribution is -2.63. The average molecular weight is 405 g/mol. The molecule has 1 saturated heterocycles. The van der Waals surface area contributed by atoms with Gasteiger partial charge < -0.3 is 15.8 Å². The summed E-state index contributed by atoms with van der Waals surface area (Å²) in [5, 5.41) is 3.86. The summed E-state index contributed by atoms with van der Waals surface area (Å²) in [6, 6.07) is 0.244. The lowest BCUT2D eigenvalue weighted by Gasteiger charge is -2.54. The zero-order valence-corrected chi connectivity index (χ0v) is 19.8. The van der Waals surface area contributed by atoms with Crippen molar-refractivity contribution in [3.05, 3.63) is 11.1 Å². The van der Waals surface area contributed by atoms with Crippen LogP contribution < -0.4 is 11.1 Å². The third-order valence-corrected chi connectivity index (χ3v) is 8.70. The Kier molecular flexibility index (Phi) is 8.65. The van der Waals surface area contributed by atoms with Gasteiger partial charge >= 0.3 is 0 Å². The van der Waals surface area contributed by atoms with Crippen molar-refractivity contribution in [2.24, 2.45) is 23.5 Å². The Morgan fingerprint density at radius 2 is 1.97 bits per heavy atom. The van der Waals surface area contributed by atoms with E-state index in [1.54, 1.807) is 11.1 Å². The van der Waals surface area contributed by atoms with Crippen LogP contribution >= 0.6 is 0 Å². The summed E-state index contributed by atoms with van der Waals surface area (Å²) < 4.78 is 6.48. The molecule has 29 heavy (non-hydrogen) atoms. The minimum absolute atomic E-state index is 0.127. The summed E-state index contributed by atoms with van der Waals surface area (Å²) in [6.45, 7) is 7.94. The maximum Gasteiger partial charge on any atom is 0.0572 e. The van der Waals surface area contributed by atoms with E-state index >= 15 is 0 Å². The molecular weight excluding hydrogens is 356 g/mol. The molecular formula is C26H48N2O. The fourth-order valence-electron chi connectivity index (χ4n) is 6.52. The first-order valence-corrected chi connectivity index (χ1v) is 12.8. The third kappa shape index (κ3) is 5.46. The van der Waals surface area contributed by atoms with E-state index in [9.17, 15) is 0 Å². The van der Waals surface area contributed by atoms with Crippen LogP contribution in [0.3, 0.4) is 0 Å². The second-order valence-corrected chi connectivity index (χ2v) is 10.3. The molecule has 1 aliphatic heterocycles. The molecule has 0 amide bonds. The van der Waals surface area contributed by atoms with Crippen LogP contribution in [0.5, 0.6) is 0 Å². The molecule has 3 aliphatic rings. The van der Waals surface area contributed by atoms with E-state index < -0.39 is 0 Å². The van der Waals surface area contributed by atoms with Gasteiger partial charge in [0.25, 0.3) is 0 Å². The summed E-state index contributed by atoms with van der Waals surface area (Å²) in [4.78, 5) is 0. The van der Waals surface area contributed by atoms with Crippen LogP contribution in [-0.2, 0) is 4.74 Å². The van der Waals surface area contributed by atoms with Gasteiger partial charge in [-0.05, 0) is 83.1 Å². The quantitative estimate of drug-likeness (QED) is 0.465. The molecule has 0 bridgehead atoms. The number of rotatable bonds is 9. The summed E-state index contributed by atoms with van der Waals surface area (Å²) >= 11 is 0. The van der Waals surface area contributed by atoms with Crippen molar-refractivity contribution in [1.29, 1.82) is 0 Å². The fourth-order valence-corrected chi connectivity index (χ4v) is 6.52. The highest BCUT2D eigenvalue weighted by Crippen LogP contribution is 2.47. The zero-order chi connectivity index (χ0) is 20.9. The van der Waals surface area contributed by atoms with Crippen molar-refractivity contribution in [3.63, 3.8) is 0 Å². The largest absolute Gasteiger partial charge is 0.378 e. The highest BCUT2D eigenvalue weighted by molar-refractivity contribution is 5.26. The van der Waals surface area contributed by atoms with Crippen LogP contribution in [0.4, 0.5) is 0 Å². The van der Waals surface area contributed by atoms with Crippen molar-refractivity contribution < 1.29 is 4.74 Å². The predicted molar refractivity (Wildman–Crippen MR) is 124 cm³/mol. The van der Waals surface area contributed by atoms with Crippen molar-refractivity contribution in [2.45, 2.75) is 122 Å². The molecule has 3 fully saturated rings. The summed E-state index contributed by atoms with van der Waals surface area (Å²) in [5.41, 5.74) is 10.5. The van der Waals surface area contributed by atoms with Gasteiger partial charge in [-0.15, -0.1) is 0 Å². The fraction of sp³-hybridized carbons (Fsp3) is 0.923. The molecule has 0 spiro atoms. The molecule has 2 aliphatic carbocycles. The maximum absolute atomic E-state index is 6.98. The van der Waals surface area contributed by atoms with Crippen molar-refractivity contribution in [1.82, 2.24) is 5.32 Å². The molecule has 0 aromatic rings. The SMILES string of the molecule is CCCCC(CC(N)C(C)C1(NC)CCCC2CCCC(CC)OCC21)=C1CC1. The van der Waals surface area contributed by atoms with Gasteiger partial charge in [0.05, 0.1) is 12.7 Å². The van der Waals surface area contributed by atoms with Crippen molar-refractivity contribution in [2.75, 3.05) is 13.7 Å². The normalized spacial score (nSPS) is 34.7. The van der Waals surface area contributed by atoms with Gasteiger partial charge in [-0.2, -0.15) is 0 Å². The molecule has 6 unspecified atom stereocenters. The molecule has 0 aromatic carbocycles. The molecule has 3 nitrogen and oxygen atoms in total. The standard InChI is InChI=1S/C26H48N2O/c1-5-7-10-22(20-14-15-20)17-25(27)19(3)26(28-4)16-9-12-21-11-8-13-23(6-2)29-18-24(21)26/h19,21,23-25,28H,5-18,27H2,1-4H3. The van der Waals surface area contributed by atoms with E-state index in [-0.39, 0.29) is 11.6 Å². The van der Waals surface area contributed by atoms with E-state index in [1.165, 1.54) is 70.6 Å². The van der Waals surface area contributed by atoms with Gasteiger partial charge in [0.15, 0.2) is 0 Å². The molecule has 0 radical (unpaired) electrons. The van der Waals surface area contributed by atoms with Gasteiger partial charge in [0, 0.05) is 17.5 Å².